The summed E-state index contributed by atoms with van der Waals surface area (Å²) in [7, 11) is -4.44. The summed E-state index contributed by atoms with van der Waals surface area (Å²) in [4.78, 5) is 0. The Morgan fingerprint density at radius 2 is 0.781 bits per heavy atom. The Bertz CT molecular complexity index is 1100. The smallest absolute Gasteiger partial charge is 0.386 e. The van der Waals surface area contributed by atoms with Crippen molar-refractivity contribution < 1.29 is 18.1 Å². The van der Waals surface area contributed by atoms with Gasteiger partial charge < -0.3 is 13.6 Å². The molecular weight excluding hydrogens is 560 g/mol. The molecule has 4 nitrogen and oxygen atoms in total. The molecule has 3 aromatic rings. The van der Waals surface area contributed by atoms with Gasteiger partial charge in [-0.2, -0.15) is 4.57 Å². The number of phosphoric acid groups is 1. The number of halogens is 6. The van der Waals surface area contributed by atoms with Crippen LogP contribution in [0.25, 0.3) is 0 Å². The molecule has 0 fully saturated rings. The van der Waals surface area contributed by atoms with Gasteiger partial charge in [0.1, 0.15) is 17.2 Å². The van der Waals surface area contributed by atoms with Crippen LogP contribution < -0.4 is 13.6 Å². The van der Waals surface area contributed by atoms with Gasteiger partial charge in [-0.15, -0.1) is 0 Å². The van der Waals surface area contributed by atoms with Crippen molar-refractivity contribution in [2.75, 3.05) is 0 Å². The molecule has 0 bridgehead atoms. The van der Waals surface area contributed by atoms with Crippen molar-refractivity contribution in [2.24, 2.45) is 0 Å². The highest BCUT2D eigenvalue weighted by molar-refractivity contribution is 7.49. The quantitative estimate of drug-likeness (QED) is 0.275. The van der Waals surface area contributed by atoms with E-state index in [1.807, 2.05) is 0 Å². The first-order chi connectivity index (χ1) is 14.9. The van der Waals surface area contributed by atoms with Crippen molar-refractivity contribution in [1.82, 2.24) is 0 Å². The first kappa shape index (κ1) is 25.6. The van der Waals surface area contributed by atoms with Crippen LogP contribution >= 0.6 is 77.4 Å². The van der Waals surface area contributed by atoms with Crippen molar-refractivity contribution in [3.63, 3.8) is 0 Å². The van der Waals surface area contributed by atoms with Crippen molar-refractivity contribution in [3.05, 3.63) is 83.2 Å². The first-order valence-electron chi connectivity index (χ1n) is 8.94. The Kier molecular flexibility index (Phi) is 8.10. The Morgan fingerprint density at radius 3 is 1.03 bits per heavy atom. The lowest BCUT2D eigenvalue weighted by Gasteiger charge is -2.23. The molecule has 0 unspecified atom stereocenters. The summed E-state index contributed by atoms with van der Waals surface area (Å²) in [5.74, 6) is 0.298. The Morgan fingerprint density at radius 1 is 0.531 bits per heavy atom. The van der Waals surface area contributed by atoms with Crippen LogP contribution in [0.15, 0.2) is 36.4 Å². The van der Waals surface area contributed by atoms with E-state index in [2.05, 4.69) is 0 Å². The van der Waals surface area contributed by atoms with Gasteiger partial charge >= 0.3 is 7.82 Å². The van der Waals surface area contributed by atoms with E-state index in [1.54, 1.807) is 20.8 Å². The minimum Gasteiger partial charge on any atom is -0.386 e. The van der Waals surface area contributed by atoms with Crippen LogP contribution in [0.1, 0.15) is 16.7 Å². The van der Waals surface area contributed by atoms with Crippen molar-refractivity contribution in [2.45, 2.75) is 20.8 Å². The molecule has 0 radical (unpaired) electrons. The fraction of sp³-hybridized carbons (Fsp3) is 0.143. The monoisotopic (exact) mass is 572 g/mol. The molecule has 0 heterocycles. The highest BCUT2D eigenvalue weighted by Gasteiger charge is 2.36. The minimum atomic E-state index is -4.44. The summed E-state index contributed by atoms with van der Waals surface area (Å²) in [5.41, 5.74) is 1.43. The highest BCUT2D eigenvalue weighted by Crippen LogP contribution is 2.53. The SMILES string of the molecule is Cc1c(Cl)cc(Cl)cc1OP(=O)(Oc1cc(Cl)cc(Cl)c1C)Oc1cc(Cl)cc(Cl)c1C. The molecule has 0 spiro atoms. The Labute approximate surface area is 215 Å². The Hall–Kier alpha value is -0.970. The van der Waals surface area contributed by atoms with Gasteiger partial charge in [0.05, 0.1) is 0 Å². The lowest BCUT2D eigenvalue weighted by Crippen LogP contribution is -2.10. The number of benzene rings is 3. The summed E-state index contributed by atoms with van der Waals surface area (Å²) in [6.07, 6.45) is 0. The van der Waals surface area contributed by atoms with E-state index < -0.39 is 7.82 Å². The molecule has 0 amide bonds. The van der Waals surface area contributed by atoms with Crippen LogP contribution in [0.5, 0.6) is 17.2 Å². The second-order valence-electron chi connectivity index (χ2n) is 6.75. The molecule has 0 saturated carbocycles. The normalized spacial score (nSPS) is 11.4. The topological polar surface area (TPSA) is 44.8 Å². The second kappa shape index (κ2) is 10.1. The van der Waals surface area contributed by atoms with Crippen LogP contribution in [0.2, 0.25) is 30.1 Å². The number of hydrogen-bond acceptors (Lipinski definition) is 4. The molecule has 0 aromatic heterocycles. The van der Waals surface area contributed by atoms with Crippen LogP contribution in [0, 0.1) is 20.8 Å². The zero-order valence-electron chi connectivity index (χ0n) is 16.8. The van der Waals surface area contributed by atoms with Gasteiger partial charge in [-0.3, -0.25) is 0 Å². The zero-order chi connectivity index (χ0) is 23.8. The maximum absolute atomic E-state index is 13.9. The molecule has 0 aliphatic carbocycles. The van der Waals surface area contributed by atoms with E-state index in [0.717, 1.165) is 0 Å². The van der Waals surface area contributed by atoms with Gasteiger partial charge in [0.25, 0.3) is 0 Å². The Balaban J connectivity index is 2.12. The van der Waals surface area contributed by atoms with E-state index in [4.69, 9.17) is 83.2 Å². The van der Waals surface area contributed by atoms with Crippen LogP contribution in [0.3, 0.4) is 0 Å². The van der Waals surface area contributed by atoms with E-state index in [1.165, 1.54) is 36.4 Å². The lowest BCUT2D eigenvalue weighted by molar-refractivity contribution is 0.296. The fourth-order valence-electron chi connectivity index (χ4n) is 2.57. The number of rotatable bonds is 6. The number of hydrogen-bond donors (Lipinski definition) is 0. The van der Waals surface area contributed by atoms with Crippen molar-refractivity contribution >= 4 is 77.4 Å². The van der Waals surface area contributed by atoms with E-state index in [0.29, 0.717) is 31.8 Å². The van der Waals surface area contributed by atoms with Crippen molar-refractivity contribution in [3.8, 4) is 17.2 Å². The maximum Gasteiger partial charge on any atom is 0.647 e. The maximum atomic E-state index is 13.9. The molecule has 0 atom stereocenters. The zero-order valence-corrected chi connectivity index (χ0v) is 22.2. The summed E-state index contributed by atoms with van der Waals surface area (Å²) >= 11 is 36.9. The lowest BCUT2D eigenvalue weighted by atomic mass is 10.2. The van der Waals surface area contributed by atoms with Gasteiger partial charge in [0, 0.05) is 46.8 Å². The number of phosphoric ester groups is 1. The van der Waals surface area contributed by atoms with E-state index >= 15 is 0 Å². The molecule has 0 saturated heterocycles. The predicted octanol–water partition coefficient (Wildman–Crippen LogP) is 10.2. The molecule has 32 heavy (non-hydrogen) atoms. The molecular formula is C21H15Cl6O4P. The summed E-state index contributed by atoms with van der Waals surface area (Å²) in [6.45, 7) is 5.00. The van der Waals surface area contributed by atoms with Gasteiger partial charge in [0.2, 0.25) is 0 Å². The summed E-state index contributed by atoms with van der Waals surface area (Å²) in [5, 5.41) is 1.73. The minimum absolute atomic E-state index is 0.0994. The van der Waals surface area contributed by atoms with Gasteiger partial charge in [-0.25, -0.2) is 0 Å². The molecule has 3 rings (SSSR count). The standard InChI is InChI=1S/C21H15Cl6O4P/c1-10-16(25)4-13(22)7-19(10)29-32(28,30-20-8-14(23)5-17(26)11(20)2)31-21-9-15(24)6-18(27)12(21)3/h4-9H,1-3H3. The third-order valence-corrected chi connectivity index (χ3v) is 7.51. The van der Waals surface area contributed by atoms with Crippen LogP contribution in [0.4, 0.5) is 0 Å². The highest BCUT2D eigenvalue weighted by atomic mass is 35.5. The van der Waals surface area contributed by atoms with Gasteiger partial charge in [0.15, 0.2) is 0 Å². The van der Waals surface area contributed by atoms with E-state index in [9.17, 15) is 4.57 Å². The predicted molar refractivity (Wildman–Crippen MR) is 133 cm³/mol. The summed E-state index contributed by atoms with van der Waals surface area (Å²) in [6, 6.07) is 8.91. The largest absolute Gasteiger partial charge is 0.647 e. The summed E-state index contributed by atoms with van der Waals surface area (Å²) < 4.78 is 31.1. The molecule has 0 aliphatic heterocycles. The molecule has 11 heteroatoms. The van der Waals surface area contributed by atoms with Crippen molar-refractivity contribution in [1.29, 1.82) is 0 Å². The molecule has 0 N–H and O–H groups in total. The fourth-order valence-corrected chi connectivity index (χ4v) is 5.40. The van der Waals surface area contributed by atoms with Gasteiger partial charge in [-0.05, 0) is 57.2 Å². The van der Waals surface area contributed by atoms with E-state index in [-0.39, 0.29) is 32.3 Å². The molecule has 170 valence electrons. The van der Waals surface area contributed by atoms with Crippen LogP contribution in [-0.4, -0.2) is 0 Å². The third kappa shape index (κ3) is 5.93. The van der Waals surface area contributed by atoms with Gasteiger partial charge in [-0.1, -0.05) is 69.6 Å². The average molecular weight is 575 g/mol. The average Bonchev–Trinajstić information content (AvgIpc) is 2.67. The van der Waals surface area contributed by atoms with Crippen LogP contribution in [-0.2, 0) is 4.57 Å². The molecule has 0 aliphatic rings. The molecule has 3 aromatic carbocycles. The first-order valence-corrected chi connectivity index (χ1v) is 12.7. The third-order valence-electron chi connectivity index (χ3n) is 4.41. The second-order valence-corrected chi connectivity index (χ2v) is 10.7.